The molecule has 20 heavy (non-hydrogen) atoms. The van der Waals surface area contributed by atoms with E-state index in [1.54, 1.807) is 31.6 Å². The number of H-pyrrole nitrogens is 1. The Morgan fingerprint density at radius 2 is 2.35 bits per heavy atom. The Morgan fingerprint density at radius 1 is 1.55 bits per heavy atom. The molecule has 0 bridgehead atoms. The summed E-state index contributed by atoms with van der Waals surface area (Å²) in [6.45, 7) is 0.372. The minimum atomic E-state index is -0.370. The van der Waals surface area contributed by atoms with Crippen molar-refractivity contribution in [1.29, 1.82) is 0 Å². The summed E-state index contributed by atoms with van der Waals surface area (Å²) in [5.74, 6) is 0.106. The fourth-order valence-electron chi connectivity index (χ4n) is 1.62. The van der Waals surface area contributed by atoms with Gasteiger partial charge in [0.2, 0.25) is 5.91 Å². The third kappa shape index (κ3) is 3.77. The second-order valence-electron chi connectivity index (χ2n) is 4.23. The zero-order chi connectivity index (χ0) is 14.5. The molecule has 0 aliphatic heterocycles. The van der Waals surface area contributed by atoms with Gasteiger partial charge in [0, 0.05) is 35.6 Å². The van der Waals surface area contributed by atoms with Crippen LogP contribution in [0.2, 0.25) is 0 Å². The lowest BCUT2D eigenvalue weighted by atomic mass is 10.2. The molecule has 2 aromatic rings. The SMILES string of the molecule is CN(Cc1ncc[nH]1)C(=O)C=Cc1cc(Br)ccc1F. The van der Waals surface area contributed by atoms with Gasteiger partial charge in [-0.3, -0.25) is 4.79 Å². The molecule has 0 aliphatic rings. The van der Waals surface area contributed by atoms with Gasteiger partial charge in [-0.1, -0.05) is 15.9 Å². The zero-order valence-electron chi connectivity index (χ0n) is 10.8. The monoisotopic (exact) mass is 337 g/mol. The van der Waals surface area contributed by atoms with Gasteiger partial charge < -0.3 is 9.88 Å². The second kappa shape index (κ2) is 6.47. The quantitative estimate of drug-likeness (QED) is 0.872. The number of amides is 1. The number of carbonyl (C=O) groups excluding carboxylic acids is 1. The highest BCUT2D eigenvalue weighted by molar-refractivity contribution is 9.10. The number of aromatic nitrogens is 2. The van der Waals surface area contributed by atoms with Gasteiger partial charge in [0.1, 0.15) is 11.6 Å². The van der Waals surface area contributed by atoms with Crippen LogP contribution in [0.4, 0.5) is 4.39 Å². The van der Waals surface area contributed by atoms with Gasteiger partial charge in [0.25, 0.3) is 0 Å². The summed E-state index contributed by atoms with van der Waals surface area (Å²) in [4.78, 5) is 20.4. The van der Waals surface area contributed by atoms with Crippen LogP contribution < -0.4 is 0 Å². The lowest BCUT2D eigenvalue weighted by molar-refractivity contribution is -0.125. The fraction of sp³-hybridized carbons (Fsp3) is 0.143. The van der Waals surface area contributed by atoms with Crippen LogP contribution in [0.15, 0.2) is 41.1 Å². The lowest BCUT2D eigenvalue weighted by Gasteiger charge is -2.13. The molecule has 0 unspecified atom stereocenters. The fourth-order valence-corrected chi connectivity index (χ4v) is 2.00. The van der Waals surface area contributed by atoms with E-state index >= 15 is 0 Å². The summed E-state index contributed by atoms with van der Waals surface area (Å²) < 4.78 is 14.3. The van der Waals surface area contributed by atoms with Gasteiger partial charge in [-0.05, 0) is 24.3 Å². The molecule has 0 aliphatic carbocycles. The number of carbonyl (C=O) groups is 1. The van der Waals surface area contributed by atoms with Crippen molar-refractivity contribution in [3.63, 3.8) is 0 Å². The third-order valence-corrected chi connectivity index (χ3v) is 3.17. The molecule has 1 aromatic heterocycles. The summed E-state index contributed by atoms with van der Waals surface area (Å²) in [6.07, 6.45) is 6.12. The number of nitrogens with zero attached hydrogens (tertiary/aromatic N) is 2. The van der Waals surface area contributed by atoms with Crippen LogP contribution in [0.5, 0.6) is 0 Å². The number of halogens is 2. The van der Waals surface area contributed by atoms with E-state index in [1.807, 2.05) is 0 Å². The molecular formula is C14H13BrFN3O. The Morgan fingerprint density at radius 3 is 3.05 bits per heavy atom. The maximum atomic E-state index is 13.5. The molecule has 1 aromatic carbocycles. The van der Waals surface area contributed by atoms with Crippen LogP contribution >= 0.6 is 15.9 Å². The van der Waals surface area contributed by atoms with Crippen LogP contribution in [0.3, 0.4) is 0 Å². The average Bonchev–Trinajstić information content (AvgIpc) is 2.92. The van der Waals surface area contributed by atoms with Crippen molar-refractivity contribution in [2.24, 2.45) is 0 Å². The van der Waals surface area contributed by atoms with Crippen molar-refractivity contribution < 1.29 is 9.18 Å². The molecule has 1 amide bonds. The molecule has 0 fully saturated rings. The Bertz CT molecular complexity index is 625. The normalized spacial score (nSPS) is 10.9. The summed E-state index contributed by atoms with van der Waals surface area (Å²) in [5, 5.41) is 0. The van der Waals surface area contributed by atoms with E-state index in [9.17, 15) is 9.18 Å². The molecule has 1 heterocycles. The Hall–Kier alpha value is -1.95. The van der Waals surface area contributed by atoms with Gasteiger partial charge in [-0.15, -0.1) is 0 Å². The summed E-state index contributed by atoms with van der Waals surface area (Å²) >= 11 is 3.26. The Balaban J connectivity index is 2.03. The number of imidazole rings is 1. The van der Waals surface area contributed by atoms with E-state index < -0.39 is 0 Å². The van der Waals surface area contributed by atoms with Crippen LogP contribution in [0.25, 0.3) is 6.08 Å². The van der Waals surface area contributed by atoms with E-state index in [1.165, 1.54) is 23.1 Å². The molecule has 0 saturated heterocycles. The minimum Gasteiger partial charge on any atom is -0.347 e. The Kier molecular flexibility index (Phi) is 4.68. The van der Waals surface area contributed by atoms with Crippen LogP contribution in [0.1, 0.15) is 11.4 Å². The second-order valence-corrected chi connectivity index (χ2v) is 5.15. The van der Waals surface area contributed by atoms with E-state index in [2.05, 4.69) is 25.9 Å². The smallest absolute Gasteiger partial charge is 0.246 e. The van der Waals surface area contributed by atoms with Crippen molar-refractivity contribution >= 4 is 27.9 Å². The molecular weight excluding hydrogens is 325 g/mol. The van der Waals surface area contributed by atoms with E-state index in [4.69, 9.17) is 0 Å². The number of aromatic amines is 1. The minimum absolute atomic E-state index is 0.222. The summed E-state index contributed by atoms with van der Waals surface area (Å²) in [6, 6.07) is 4.57. The van der Waals surface area contributed by atoms with Gasteiger partial charge in [-0.25, -0.2) is 9.37 Å². The number of benzene rings is 1. The first-order chi connectivity index (χ1) is 9.56. The average molecular weight is 338 g/mol. The highest BCUT2D eigenvalue weighted by Crippen LogP contribution is 2.16. The Labute approximate surface area is 124 Å². The molecule has 2 rings (SSSR count). The molecule has 6 heteroatoms. The van der Waals surface area contributed by atoms with E-state index in [-0.39, 0.29) is 11.7 Å². The van der Waals surface area contributed by atoms with Crippen molar-refractivity contribution in [1.82, 2.24) is 14.9 Å². The molecule has 0 spiro atoms. The van der Waals surface area contributed by atoms with Gasteiger partial charge in [-0.2, -0.15) is 0 Å². The van der Waals surface area contributed by atoms with E-state index in [0.717, 1.165) is 4.47 Å². The molecule has 0 radical (unpaired) electrons. The highest BCUT2D eigenvalue weighted by Gasteiger charge is 2.07. The zero-order valence-corrected chi connectivity index (χ0v) is 12.4. The number of nitrogens with one attached hydrogen (secondary N) is 1. The maximum absolute atomic E-state index is 13.5. The largest absolute Gasteiger partial charge is 0.347 e. The van der Waals surface area contributed by atoms with Crippen molar-refractivity contribution in [2.75, 3.05) is 7.05 Å². The standard InChI is InChI=1S/C14H13BrFN3O/c1-19(9-13-17-6-7-18-13)14(20)5-2-10-8-11(15)3-4-12(10)16/h2-8H,9H2,1H3,(H,17,18). The van der Waals surface area contributed by atoms with Crippen LogP contribution in [0, 0.1) is 5.82 Å². The van der Waals surface area contributed by atoms with Crippen molar-refractivity contribution in [2.45, 2.75) is 6.54 Å². The number of hydrogen-bond acceptors (Lipinski definition) is 2. The number of rotatable bonds is 4. The lowest BCUT2D eigenvalue weighted by Crippen LogP contribution is -2.24. The predicted octanol–water partition coefficient (Wildman–Crippen LogP) is 2.98. The topological polar surface area (TPSA) is 49.0 Å². The molecule has 1 N–H and O–H groups in total. The molecule has 104 valence electrons. The summed E-state index contributed by atoms with van der Waals surface area (Å²) in [7, 11) is 1.66. The summed E-state index contributed by atoms with van der Waals surface area (Å²) in [5.41, 5.74) is 0.360. The first-order valence-corrected chi connectivity index (χ1v) is 6.72. The van der Waals surface area contributed by atoms with Crippen molar-refractivity contribution in [3.05, 3.63) is 58.3 Å². The van der Waals surface area contributed by atoms with Crippen molar-refractivity contribution in [3.8, 4) is 0 Å². The maximum Gasteiger partial charge on any atom is 0.246 e. The van der Waals surface area contributed by atoms with E-state index in [0.29, 0.717) is 17.9 Å². The van der Waals surface area contributed by atoms with Gasteiger partial charge in [0.15, 0.2) is 0 Å². The van der Waals surface area contributed by atoms with Gasteiger partial charge in [0.05, 0.1) is 6.54 Å². The molecule has 4 nitrogen and oxygen atoms in total. The third-order valence-electron chi connectivity index (χ3n) is 2.68. The predicted molar refractivity (Wildman–Crippen MR) is 78.2 cm³/mol. The van der Waals surface area contributed by atoms with Crippen LogP contribution in [-0.4, -0.2) is 27.8 Å². The first kappa shape index (κ1) is 14.5. The first-order valence-electron chi connectivity index (χ1n) is 5.93. The number of likely N-dealkylation sites (N-methyl/N-ethyl adjacent to an activating group) is 1. The molecule has 0 atom stereocenters. The number of hydrogen-bond donors (Lipinski definition) is 1. The van der Waals surface area contributed by atoms with Crippen LogP contribution in [-0.2, 0) is 11.3 Å². The molecule has 0 saturated carbocycles. The van der Waals surface area contributed by atoms with Gasteiger partial charge >= 0.3 is 0 Å². The highest BCUT2D eigenvalue weighted by atomic mass is 79.9.